The summed E-state index contributed by atoms with van der Waals surface area (Å²) in [5.41, 5.74) is 3.22. The molecule has 1 aromatic heterocycles. The number of hydrogen-bond donors (Lipinski definition) is 3. The first kappa shape index (κ1) is 21.6. The Balaban J connectivity index is 1.56. The number of hydrogen-bond acceptors (Lipinski definition) is 4. The molecule has 3 N–H and O–H groups in total. The fourth-order valence-electron chi connectivity index (χ4n) is 3.59. The molecule has 1 aliphatic rings. The third-order valence-corrected chi connectivity index (χ3v) is 5.72. The molecule has 0 aliphatic carbocycles. The summed E-state index contributed by atoms with van der Waals surface area (Å²) >= 11 is 5.61. The van der Waals surface area contributed by atoms with Crippen LogP contribution in [0.2, 0.25) is 0 Å². The van der Waals surface area contributed by atoms with Crippen LogP contribution in [0.5, 0.6) is 0 Å². The van der Waals surface area contributed by atoms with Crippen LogP contribution in [0, 0.1) is 18.6 Å². The van der Waals surface area contributed by atoms with Crippen molar-refractivity contribution in [1.29, 1.82) is 0 Å². The molecule has 158 valence electrons. The molecule has 0 saturated carbocycles. The number of nitrogens with zero attached hydrogens (tertiary/aromatic N) is 4. The van der Waals surface area contributed by atoms with E-state index in [1.807, 2.05) is 26.8 Å². The number of amides is 1. The molecule has 8 nitrogen and oxygen atoms in total. The summed E-state index contributed by atoms with van der Waals surface area (Å²) in [6.07, 6.45) is 0. The molecule has 1 amide bonds. The van der Waals surface area contributed by atoms with E-state index in [4.69, 9.17) is 12.2 Å². The minimum absolute atomic E-state index is 0.120. The summed E-state index contributed by atoms with van der Waals surface area (Å²) in [6.45, 7) is 15.3. The Labute approximate surface area is 177 Å². The van der Waals surface area contributed by atoms with Gasteiger partial charge >= 0.3 is 0 Å². The fourth-order valence-corrected chi connectivity index (χ4v) is 3.83. The van der Waals surface area contributed by atoms with Crippen LogP contribution in [0.3, 0.4) is 0 Å². The van der Waals surface area contributed by atoms with Gasteiger partial charge in [-0.05, 0) is 80.5 Å². The number of quaternary nitrogens is 2. The van der Waals surface area contributed by atoms with Crippen LogP contribution in [0.1, 0.15) is 31.9 Å². The van der Waals surface area contributed by atoms with Crippen molar-refractivity contribution in [3.63, 3.8) is 0 Å². The maximum absolute atomic E-state index is 12.1. The second kappa shape index (κ2) is 8.73. The number of tetrazole rings is 1. The average Bonchev–Trinajstić information content (AvgIpc) is 2.98. The van der Waals surface area contributed by atoms with Gasteiger partial charge in [0, 0.05) is 5.54 Å². The highest BCUT2D eigenvalue weighted by Gasteiger charge is 2.26. The van der Waals surface area contributed by atoms with E-state index < -0.39 is 0 Å². The Morgan fingerprint density at radius 3 is 2.38 bits per heavy atom. The van der Waals surface area contributed by atoms with Crippen LogP contribution in [0.15, 0.2) is 18.2 Å². The van der Waals surface area contributed by atoms with Gasteiger partial charge < -0.3 is 15.1 Å². The molecule has 0 unspecified atom stereocenters. The van der Waals surface area contributed by atoms with Crippen LogP contribution in [0.4, 0.5) is 0 Å². The molecule has 0 radical (unpaired) electrons. The number of nitrogens with one attached hydrogen (secondary N) is 3. The number of rotatable bonds is 5. The van der Waals surface area contributed by atoms with E-state index in [2.05, 4.69) is 41.7 Å². The summed E-state index contributed by atoms with van der Waals surface area (Å²) in [5.74, 6) is 0.120. The van der Waals surface area contributed by atoms with Gasteiger partial charge in [-0.1, -0.05) is 6.07 Å². The smallest absolute Gasteiger partial charge is 0.275 e. The molecule has 3 rings (SSSR count). The standard InChI is InChI=1S/C20H31N7OS/c1-15-6-7-17(12-16(15)2)27-19(29)26(22-23-27)14-25-10-8-24(9-11-25)13-18(28)21-20(3,4)5/h6-7,12H,8-11,13-14H2,1-5H3,(H,21,28)/p+2. The summed E-state index contributed by atoms with van der Waals surface area (Å²) < 4.78 is 4.14. The summed E-state index contributed by atoms with van der Waals surface area (Å²) in [7, 11) is 0. The molecular formula is C20H33N7OS+2. The van der Waals surface area contributed by atoms with Gasteiger partial charge in [-0.25, -0.2) is 0 Å². The van der Waals surface area contributed by atoms with Gasteiger partial charge in [-0.3, -0.25) is 4.79 Å². The molecule has 0 atom stereocenters. The van der Waals surface area contributed by atoms with E-state index in [9.17, 15) is 4.79 Å². The van der Waals surface area contributed by atoms with E-state index in [-0.39, 0.29) is 11.4 Å². The van der Waals surface area contributed by atoms with Crippen LogP contribution in [-0.2, 0) is 11.5 Å². The molecule has 1 fully saturated rings. The maximum Gasteiger partial charge on any atom is 0.275 e. The number of piperazine rings is 1. The second-order valence-corrected chi connectivity index (χ2v) is 9.44. The molecule has 2 aromatic rings. The van der Waals surface area contributed by atoms with Crippen LogP contribution >= 0.6 is 12.2 Å². The quantitative estimate of drug-likeness (QED) is 0.548. The van der Waals surface area contributed by atoms with E-state index in [0.717, 1.165) is 31.9 Å². The summed E-state index contributed by atoms with van der Waals surface area (Å²) in [6, 6.07) is 6.19. The van der Waals surface area contributed by atoms with Crippen molar-refractivity contribution < 1.29 is 14.6 Å². The molecule has 29 heavy (non-hydrogen) atoms. The third-order valence-electron chi connectivity index (χ3n) is 5.34. The Morgan fingerprint density at radius 2 is 1.76 bits per heavy atom. The Hall–Kier alpha value is -2.10. The first-order valence-corrected chi connectivity index (χ1v) is 10.6. The van der Waals surface area contributed by atoms with Crippen LogP contribution in [-0.4, -0.2) is 64.0 Å². The molecule has 2 heterocycles. The van der Waals surface area contributed by atoms with Gasteiger partial charge in [0.2, 0.25) is 4.77 Å². The van der Waals surface area contributed by atoms with Gasteiger partial charge in [-0.2, -0.15) is 9.36 Å². The average molecular weight is 420 g/mol. The molecule has 1 aromatic carbocycles. The predicted molar refractivity (Wildman–Crippen MR) is 114 cm³/mol. The number of aryl methyl sites for hydroxylation is 2. The minimum Gasteiger partial charge on any atom is -0.347 e. The van der Waals surface area contributed by atoms with Crippen molar-refractivity contribution in [2.24, 2.45) is 0 Å². The lowest BCUT2D eigenvalue weighted by Crippen LogP contribution is -3.28. The zero-order valence-corrected chi connectivity index (χ0v) is 18.9. The third kappa shape index (κ3) is 5.71. The van der Waals surface area contributed by atoms with Gasteiger partial charge in [0.05, 0.1) is 5.69 Å². The monoisotopic (exact) mass is 419 g/mol. The molecule has 1 aliphatic heterocycles. The van der Waals surface area contributed by atoms with Crippen molar-refractivity contribution in [3.8, 4) is 5.69 Å². The van der Waals surface area contributed by atoms with Crippen molar-refractivity contribution in [3.05, 3.63) is 34.1 Å². The SMILES string of the molecule is Cc1ccc(-n2nnn(C[NH+]3CC[NH+](CC(=O)NC(C)(C)C)CC3)c2=S)cc1C. The normalized spacial score (nSPS) is 19.9. The molecular weight excluding hydrogens is 386 g/mol. The fraction of sp³-hybridized carbons (Fsp3) is 0.600. The van der Waals surface area contributed by atoms with E-state index in [1.54, 1.807) is 9.36 Å². The van der Waals surface area contributed by atoms with Gasteiger partial charge in [-0.15, -0.1) is 0 Å². The van der Waals surface area contributed by atoms with Crippen LogP contribution in [0.25, 0.3) is 5.69 Å². The van der Waals surface area contributed by atoms with E-state index in [1.165, 1.54) is 20.9 Å². The number of carbonyl (C=O) groups excluding carboxylic acids is 1. The van der Waals surface area contributed by atoms with Crippen molar-refractivity contribution >= 4 is 18.1 Å². The number of benzene rings is 1. The molecule has 9 heteroatoms. The second-order valence-electron chi connectivity index (χ2n) is 9.07. The molecule has 0 bridgehead atoms. The highest BCUT2D eigenvalue weighted by molar-refractivity contribution is 7.71. The van der Waals surface area contributed by atoms with Gasteiger partial charge in [0.25, 0.3) is 5.91 Å². The van der Waals surface area contributed by atoms with Gasteiger partial charge in [0.15, 0.2) is 13.2 Å². The number of carbonyl (C=O) groups is 1. The molecule has 1 saturated heterocycles. The van der Waals surface area contributed by atoms with E-state index >= 15 is 0 Å². The summed E-state index contributed by atoms with van der Waals surface area (Å²) in [5, 5.41) is 11.6. The highest BCUT2D eigenvalue weighted by atomic mass is 32.1. The van der Waals surface area contributed by atoms with Crippen LogP contribution < -0.4 is 15.1 Å². The first-order chi connectivity index (χ1) is 13.6. The Bertz CT molecular complexity index is 920. The highest BCUT2D eigenvalue weighted by Crippen LogP contribution is 2.13. The lowest BCUT2D eigenvalue weighted by molar-refractivity contribution is -1.02. The minimum atomic E-state index is -0.179. The van der Waals surface area contributed by atoms with Gasteiger partial charge in [0.1, 0.15) is 26.2 Å². The topological polar surface area (TPSA) is 73.6 Å². The predicted octanol–water partition coefficient (Wildman–Crippen LogP) is -0.929. The Kier molecular flexibility index (Phi) is 6.50. The lowest BCUT2D eigenvalue weighted by atomic mass is 10.1. The maximum atomic E-state index is 12.1. The van der Waals surface area contributed by atoms with E-state index in [0.29, 0.717) is 18.0 Å². The first-order valence-electron chi connectivity index (χ1n) is 10.2. The zero-order chi connectivity index (χ0) is 21.2. The van der Waals surface area contributed by atoms with Crippen molar-refractivity contribution in [2.75, 3.05) is 32.7 Å². The van der Waals surface area contributed by atoms with Crippen molar-refractivity contribution in [2.45, 2.75) is 46.8 Å². The largest absolute Gasteiger partial charge is 0.347 e. The number of aromatic nitrogens is 4. The zero-order valence-electron chi connectivity index (χ0n) is 18.1. The Morgan fingerprint density at radius 1 is 1.10 bits per heavy atom. The van der Waals surface area contributed by atoms with Crippen molar-refractivity contribution in [1.82, 2.24) is 25.1 Å². The summed E-state index contributed by atoms with van der Waals surface area (Å²) in [4.78, 5) is 14.9. The molecule has 0 spiro atoms. The lowest BCUT2D eigenvalue weighted by Gasteiger charge is -2.30.